The Hall–Kier alpha value is -4.12. The van der Waals surface area contributed by atoms with Crippen molar-refractivity contribution in [3.8, 4) is 5.75 Å². The van der Waals surface area contributed by atoms with Gasteiger partial charge in [-0.1, -0.05) is 110 Å². The summed E-state index contributed by atoms with van der Waals surface area (Å²) in [6.45, 7) is 2.83. The Balaban J connectivity index is 1.61. The van der Waals surface area contributed by atoms with Crippen molar-refractivity contribution in [1.29, 1.82) is 0 Å². The van der Waals surface area contributed by atoms with Gasteiger partial charge in [0, 0.05) is 24.9 Å². The Bertz CT molecular complexity index is 1290. The van der Waals surface area contributed by atoms with E-state index in [0.29, 0.717) is 25.3 Å². The van der Waals surface area contributed by atoms with Crippen LogP contribution in [0.1, 0.15) is 30.9 Å². The summed E-state index contributed by atoms with van der Waals surface area (Å²) in [6, 6.07) is 32.7. The van der Waals surface area contributed by atoms with Gasteiger partial charge in [0.1, 0.15) is 11.8 Å². The molecule has 0 bridgehead atoms. The average Bonchev–Trinajstić information content (AvgIpc) is 2.94. The lowest BCUT2D eigenvalue weighted by Gasteiger charge is -2.31. The molecule has 4 aromatic carbocycles. The van der Waals surface area contributed by atoms with Crippen LogP contribution in [0.3, 0.4) is 0 Å². The van der Waals surface area contributed by atoms with Crippen LogP contribution in [0.4, 0.5) is 0 Å². The summed E-state index contributed by atoms with van der Waals surface area (Å²) in [7, 11) is 0. The summed E-state index contributed by atoms with van der Waals surface area (Å²) in [5.74, 6) is 0.272. The van der Waals surface area contributed by atoms with Gasteiger partial charge >= 0.3 is 0 Å². The van der Waals surface area contributed by atoms with Gasteiger partial charge in [-0.05, 0) is 29.0 Å². The molecule has 1 atom stereocenters. The maximum absolute atomic E-state index is 13.7. The zero-order chi connectivity index (χ0) is 25.9. The van der Waals surface area contributed by atoms with E-state index < -0.39 is 6.04 Å². The first-order valence-electron chi connectivity index (χ1n) is 12.9. The number of benzene rings is 4. The highest BCUT2D eigenvalue weighted by Crippen LogP contribution is 2.25. The number of rotatable bonds is 12. The second-order valence-electron chi connectivity index (χ2n) is 9.12. The number of amides is 2. The molecule has 0 fully saturated rings. The number of ether oxygens (including phenoxy) is 1. The summed E-state index contributed by atoms with van der Waals surface area (Å²) in [6.07, 6.45) is 2.29. The molecule has 4 aromatic rings. The molecule has 37 heavy (non-hydrogen) atoms. The minimum atomic E-state index is -0.664. The molecule has 0 saturated heterocycles. The van der Waals surface area contributed by atoms with Crippen LogP contribution in [0, 0.1) is 0 Å². The number of nitrogens with zero attached hydrogens (tertiary/aromatic N) is 1. The van der Waals surface area contributed by atoms with Crippen LogP contribution in [0.2, 0.25) is 0 Å². The quantitative estimate of drug-likeness (QED) is 0.254. The van der Waals surface area contributed by atoms with Gasteiger partial charge in [-0.3, -0.25) is 9.59 Å². The number of carbonyl (C=O) groups is 2. The third-order valence-corrected chi connectivity index (χ3v) is 6.40. The molecular weight excluding hydrogens is 460 g/mol. The molecule has 2 amide bonds. The highest BCUT2D eigenvalue weighted by atomic mass is 16.5. The van der Waals surface area contributed by atoms with Gasteiger partial charge in [0.2, 0.25) is 5.91 Å². The van der Waals surface area contributed by atoms with Crippen molar-refractivity contribution in [3.05, 3.63) is 114 Å². The predicted octanol–water partition coefficient (Wildman–Crippen LogP) is 5.78. The lowest BCUT2D eigenvalue weighted by Crippen LogP contribution is -2.51. The standard InChI is InChI=1S/C32H34N2O3/c1-2-3-21-33-32(36)29(22-25-13-6-4-7-14-25)34(23-26-15-8-5-9-16-26)31(35)24-37-30-20-12-18-27-17-10-11-19-28(27)30/h4-20,29H,2-3,21-24H2,1H3,(H,33,36)/t29-/m0/s1. The van der Waals surface area contributed by atoms with Crippen LogP contribution in [0.5, 0.6) is 5.75 Å². The lowest BCUT2D eigenvalue weighted by atomic mass is 10.0. The van der Waals surface area contributed by atoms with Crippen LogP contribution in [-0.4, -0.2) is 35.9 Å². The fourth-order valence-corrected chi connectivity index (χ4v) is 4.38. The molecule has 0 saturated carbocycles. The summed E-state index contributed by atoms with van der Waals surface area (Å²) in [5, 5.41) is 5.05. The van der Waals surface area contributed by atoms with Crippen LogP contribution >= 0.6 is 0 Å². The fourth-order valence-electron chi connectivity index (χ4n) is 4.38. The maximum atomic E-state index is 13.7. The monoisotopic (exact) mass is 494 g/mol. The van der Waals surface area contributed by atoms with E-state index in [1.54, 1.807) is 4.90 Å². The van der Waals surface area contributed by atoms with Crippen molar-refractivity contribution < 1.29 is 14.3 Å². The van der Waals surface area contributed by atoms with Crippen LogP contribution in [0.15, 0.2) is 103 Å². The van der Waals surface area contributed by atoms with E-state index in [2.05, 4.69) is 12.2 Å². The summed E-state index contributed by atoms with van der Waals surface area (Å²) in [5.41, 5.74) is 1.96. The van der Waals surface area contributed by atoms with Crippen molar-refractivity contribution in [1.82, 2.24) is 10.2 Å². The third kappa shape index (κ3) is 7.20. The van der Waals surface area contributed by atoms with E-state index in [9.17, 15) is 9.59 Å². The predicted molar refractivity (Wildman–Crippen MR) is 148 cm³/mol. The highest BCUT2D eigenvalue weighted by Gasteiger charge is 2.30. The molecule has 5 nitrogen and oxygen atoms in total. The van der Waals surface area contributed by atoms with Gasteiger partial charge < -0.3 is 15.0 Å². The van der Waals surface area contributed by atoms with E-state index in [1.807, 2.05) is 103 Å². The molecule has 1 N–H and O–H groups in total. The van der Waals surface area contributed by atoms with E-state index in [0.717, 1.165) is 34.7 Å². The highest BCUT2D eigenvalue weighted by molar-refractivity contribution is 5.90. The largest absolute Gasteiger partial charge is 0.483 e. The normalized spacial score (nSPS) is 11.6. The Morgan fingerprint density at radius 2 is 1.46 bits per heavy atom. The summed E-state index contributed by atoms with van der Waals surface area (Å²) < 4.78 is 6.06. The number of hydrogen-bond donors (Lipinski definition) is 1. The molecule has 5 heteroatoms. The molecule has 0 aliphatic rings. The Morgan fingerprint density at radius 1 is 0.811 bits per heavy atom. The van der Waals surface area contributed by atoms with Gasteiger partial charge in [0.15, 0.2) is 6.61 Å². The number of nitrogens with one attached hydrogen (secondary N) is 1. The van der Waals surface area contributed by atoms with Crippen molar-refractivity contribution in [2.45, 2.75) is 38.8 Å². The van der Waals surface area contributed by atoms with E-state index >= 15 is 0 Å². The average molecular weight is 495 g/mol. The molecule has 0 heterocycles. The van der Waals surface area contributed by atoms with E-state index in [-0.39, 0.29) is 18.4 Å². The zero-order valence-corrected chi connectivity index (χ0v) is 21.3. The minimum absolute atomic E-state index is 0.147. The SMILES string of the molecule is CCCCNC(=O)[C@H](Cc1ccccc1)N(Cc1ccccc1)C(=O)COc1cccc2ccccc12. The van der Waals surface area contributed by atoms with Crippen LogP contribution < -0.4 is 10.1 Å². The van der Waals surface area contributed by atoms with E-state index in [4.69, 9.17) is 4.74 Å². The Morgan fingerprint density at radius 3 is 2.19 bits per heavy atom. The first kappa shape index (κ1) is 26.0. The topological polar surface area (TPSA) is 58.6 Å². The van der Waals surface area contributed by atoms with E-state index in [1.165, 1.54) is 0 Å². The molecule has 190 valence electrons. The molecule has 4 rings (SSSR count). The fraction of sp³-hybridized carbons (Fsp3) is 0.250. The van der Waals surface area contributed by atoms with Crippen molar-refractivity contribution in [3.63, 3.8) is 0 Å². The number of fused-ring (bicyclic) bond motifs is 1. The first-order chi connectivity index (χ1) is 18.2. The lowest BCUT2D eigenvalue weighted by molar-refractivity contribution is -0.142. The summed E-state index contributed by atoms with van der Waals surface area (Å²) >= 11 is 0. The van der Waals surface area contributed by atoms with Gasteiger partial charge in [0.25, 0.3) is 5.91 Å². The van der Waals surface area contributed by atoms with Gasteiger partial charge in [-0.25, -0.2) is 0 Å². The number of unbranched alkanes of at least 4 members (excludes halogenated alkanes) is 1. The molecule has 0 aliphatic heterocycles. The molecular formula is C32H34N2O3. The van der Waals surface area contributed by atoms with Gasteiger partial charge in [-0.2, -0.15) is 0 Å². The van der Waals surface area contributed by atoms with Crippen molar-refractivity contribution in [2.24, 2.45) is 0 Å². The Kier molecular flexibility index (Phi) is 9.30. The Labute approximate surface area is 219 Å². The molecule has 0 radical (unpaired) electrons. The molecule has 0 unspecified atom stereocenters. The number of hydrogen-bond acceptors (Lipinski definition) is 3. The van der Waals surface area contributed by atoms with Crippen LogP contribution in [-0.2, 0) is 22.6 Å². The smallest absolute Gasteiger partial charge is 0.261 e. The first-order valence-corrected chi connectivity index (χ1v) is 12.9. The van der Waals surface area contributed by atoms with Crippen molar-refractivity contribution in [2.75, 3.05) is 13.2 Å². The minimum Gasteiger partial charge on any atom is -0.483 e. The second kappa shape index (κ2) is 13.3. The molecule has 0 aliphatic carbocycles. The van der Waals surface area contributed by atoms with Gasteiger partial charge in [-0.15, -0.1) is 0 Å². The zero-order valence-electron chi connectivity index (χ0n) is 21.3. The maximum Gasteiger partial charge on any atom is 0.261 e. The van der Waals surface area contributed by atoms with Gasteiger partial charge in [0.05, 0.1) is 0 Å². The third-order valence-electron chi connectivity index (χ3n) is 6.40. The summed E-state index contributed by atoms with van der Waals surface area (Å²) in [4.78, 5) is 28.9. The number of carbonyl (C=O) groups excluding carboxylic acids is 2. The molecule has 0 spiro atoms. The second-order valence-corrected chi connectivity index (χ2v) is 9.12. The molecule has 0 aromatic heterocycles. The van der Waals surface area contributed by atoms with Crippen molar-refractivity contribution >= 4 is 22.6 Å². The van der Waals surface area contributed by atoms with Crippen LogP contribution in [0.25, 0.3) is 10.8 Å².